The predicted octanol–water partition coefficient (Wildman–Crippen LogP) is 3.72. The minimum Gasteiger partial charge on any atom is -0.330 e. The lowest BCUT2D eigenvalue weighted by Crippen LogP contribution is -2.40. The number of hydrogen-bond donors (Lipinski definition) is 1. The lowest BCUT2D eigenvalue weighted by molar-refractivity contribution is 0.156. The molecule has 1 aromatic rings. The molecule has 1 aromatic carbocycles. The summed E-state index contributed by atoms with van der Waals surface area (Å²) in [6.45, 7) is 7.32. The van der Waals surface area contributed by atoms with Crippen molar-refractivity contribution in [2.75, 3.05) is 6.54 Å². The maximum absolute atomic E-state index is 13.0. The standard InChI is InChI=1S/C17H26FNOS/c1-17(2,3)13-5-4-12(11-19)16(10-13)21(20)15-8-6-14(18)7-9-15/h6-9,12-13,16H,4-5,10-11,19H2,1-3H3. The van der Waals surface area contributed by atoms with Gasteiger partial charge in [-0.15, -0.1) is 0 Å². The van der Waals surface area contributed by atoms with Gasteiger partial charge >= 0.3 is 0 Å². The quantitative estimate of drug-likeness (QED) is 0.924. The van der Waals surface area contributed by atoms with E-state index in [-0.39, 0.29) is 16.5 Å². The number of halogens is 1. The van der Waals surface area contributed by atoms with Crippen LogP contribution in [0, 0.1) is 23.1 Å². The highest BCUT2D eigenvalue weighted by molar-refractivity contribution is 7.85. The van der Waals surface area contributed by atoms with Gasteiger partial charge in [-0.2, -0.15) is 0 Å². The fourth-order valence-corrected chi connectivity index (χ4v) is 5.01. The Morgan fingerprint density at radius 3 is 2.38 bits per heavy atom. The highest BCUT2D eigenvalue weighted by Gasteiger charge is 2.38. The Hall–Kier alpha value is -0.740. The summed E-state index contributed by atoms with van der Waals surface area (Å²) in [5.74, 6) is 0.575. The van der Waals surface area contributed by atoms with E-state index in [0.717, 1.165) is 24.2 Å². The van der Waals surface area contributed by atoms with Gasteiger partial charge in [-0.05, 0) is 67.3 Å². The van der Waals surface area contributed by atoms with Gasteiger partial charge in [0.1, 0.15) is 5.82 Å². The van der Waals surface area contributed by atoms with Crippen molar-refractivity contribution in [2.24, 2.45) is 23.0 Å². The first-order valence-electron chi connectivity index (χ1n) is 7.69. The van der Waals surface area contributed by atoms with Crippen molar-refractivity contribution in [1.29, 1.82) is 0 Å². The Bertz CT molecular complexity index is 495. The number of hydrogen-bond acceptors (Lipinski definition) is 2. The lowest BCUT2D eigenvalue weighted by Gasteiger charge is -2.41. The zero-order valence-corrected chi connectivity index (χ0v) is 14.0. The van der Waals surface area contributed by atoms with Crippen LogP contribution in [0.5, 0.6) is 0 Å². The molecule has 4 unspecified atom stereocenters. The second kappa shape index (κ2) is 6.57. The minimum absolute atomic E-state index is 0.0819. The third-order valence-corrected chi connectivity index (χ3v) is 6.64. The van der Waals surface area contributed by atoms with Crippen molar-refractivity contribution >= 4 is 10.8 Å². The highest BCUT2D eigenvalue weighted by atomic mass is 32.2. The van der Waals surface area contributed by atoms with Gasteiger partial charge < -0.3 is 5.73 Å². The van der Waals surface area contributed by atoms with Crippen molar-refractivity contribution in [3.05, 3.63) is 30.1 Å². The smallest absolute Gasteiger partial charge is 0.123 e. The molecule has 0 heterocycles. The molecule has 1 saturated carbocycles. The average Bonchev–Trinajstić information content (AvgIpc) is 2.45. The molecule has 4 heteroatoms. The van der Waals surface area contributed by atoms with Gasteiger partial charge in [-0.1, -0.05) is 20.8 Å². The van der Waals surface area contributed by atoms with Crippen LogP contribution < -0.4 is 5.73 Å². The zero-order chi connectivity index (χ0) is 15.6. The molecule has 0 amide bonds. The van der Waals surface area contributed by atoms with Crippen molar-refractivity contribution in [3.63, 3.8) is 0 Å². The molecule has 1 aliphatic rings. The Morgan fingerprint density at radius 2 is 1.86 bits per heavy atom. The third kappa shape index (κ3) is 3.92. The van der Waals surface area contributed by atoms with E-state index in [1.807, 2.05) is 0 Å². The van der Waals surface area contributed by atoms with Gasteiger partial charge in [0.05, 0.1) is 10.8 Å². The van der Waals surface area contributed by atoms with Crippen LogP contribution in [0.4, 0.5) is 4.39 Å². The Kier molecular flexibility index (Phi) is 5.20. The minimum atomic E-state index is -1.11. The first-order valence-corrected chi connectivity index (χ1v) is 8.90. The number of benzene rings is 1. The summed E-state index contributed by atoms with van der Waals surface area (Å²) in [4.78, 5) is 0.717. The van der Waals surface area contributed by atoms with Crippen molar-refractivity contribution in [1.82, 2.24) is 0 Å². The summed E-state index contributed by atoms with van der Waals surface area (Å²) in [5.41, 5.74) is 6.12. The van der Waals surface area contributed by atoms with Gasteiger partial charge in [0, 0.05) is 10.1 Å². The van der Waals surface area contributed by atoms with Gasteiger partial charge in [0.15, 0.2) is 0 Å². The normalized spacial score (nSPS) is 28.3. The monoisotopic (exact) mass is 311 g/mol. The summed E-state index contributed by atoms with van der Waals surface area (Å²) in [5, 5.41) is 0.0819. The van der Waals surface area contributed by atoms with E-state index < -0.39 is 10.8 Å². The topological polar surface area (TPSA) is 43.1 Å². The molecule has 2 N–H and O–H groups in total. The van der Waals surface area contributed by atoms with Crippen LogP contribution in [0.2, 0.25) is 0 Å². The summed E-state index contributed by atoms with van der Waals surface area (Å²) < 4.78 is 25.9. The maximum atomic E-state index is 13.0. The van der Waals surface area contributed by atoms with Crippen LogP contribution in [0.25, 0.3) is 0 Å². The molecule has 1 aliphatic carbocycles. The first kappa shape index (κ1) is 16.6. The molecule has 21 heavy (non-hydrogen) atoms. The Balaban J connectivity index is 2.20. The highest BCUT2D eigenvalue weighted by Crippen LogP contribution is 2.42. The molecule has 0 radical (unpaired) electrons. The summed E-state index contributed by atoms with van der Waals surface area (Å²) in [6, 6.07) is 6.04. The van der Waals surface area contributed by atoms with Gasteiger partial charge in [0.25, 0.3) is 0 Å². The van der Waals surface area contributed by atoms with E-state index in [1.54, 1.807) is 12.1 Å². The molecule has 0 bridgehead atoms. The van der Waals surface area contributed by atoms with Crippen molar-refractivity contribution < 1.29 is 8.60 Å². The van der Waals surface area contributed by atoms with E-state index in [2.05, 4.69) is 20.8 Å². The SMILES string of the molecule is CC(C)(C)C1CCC(CN)C(S(=O)c2ccc(F)cc2)C1. The summed E-state index contributed by atoms with van der Waals surface area (Å²) >= 11 is 0. The van der Waals surface area contributed by atoms with Crippen LogP contribution in [-0.2, 0) is 10.8 Å². The maximum Gasteiger partial charge on any atom is 0.123 e. The molecule has 0 aliphatic heterocycles. The fourth-order valence-electron chi connectivity index (χ4n) is 3.25. The molecule has 0 aromatic heterocycles. The van der Waals surface area contributed by atoms with Crippen molar-refractivity contribution in [2.45, 2.75) is 50.2 Å². The molecule has 2 rings (SSSR count). The van der Waals surface area contributed by atoms with Crippen LogP contribution >= 0.6 is 0 Å². The number of nitrogens with two attached hydrogens (primary N) is 1. The second-order valence-corrected chi connectivity index (χ2v) is 8.83. The molecule has 0 saturated heterocycles. The third-order valence-electron chi connectivity index (χ3n) is 4.78. The zero-order valence-electron chi connectivity index (χ0n) is 13.1. The predicted molar refractivity (Wildman–Crippen MR) is 85.9 cm³/mol. The average molecular weight is 311 g/mol. The molecule has 0 spiro atoms. The van der Waals surface area contributed by atoms with Crippen LogP contribution in [0.15, 0.2) is 29.2 Å². The summed E-state index contributed by atoms with van der Waals surface area (Å²) in [7, 11) is -1.11. The van der Waals surface area contributed by atoms with Gasteiger partial charge in [-0.3, -0.25) is 4.21 Å². The number of rotatable bonds is 3. The van der Waals surface area contributed by atoms with Crippen molar-refractivity contribution in [3.8, 4) is 0 Å². The molecular weight excluding hydrogens is 285 g/mol. The molecule has 2 nitrogen and oxygen atoms in total. The molecular formula is C17H26FNOS. The van der Waals surface area contributed by atoms with E-state index in [0.29, 0.717) is 18.4 Å². The Labute approximate surface area is 129 Å². The van der Waals surface area contributed by atoms with Gasteiger partial charge in [-0.25, -0.2) is 4.39 Å². The largest absolute Gasteiger partial charge is 0.330 e. The molecule has 118 valence electrons. The van der Waals surface area contributed by atoms with E-state index in [1.165, 1.54) is 12.1 Å². The van der Waals surface area contributed by atoms with E-state index in [9.17, 15) is 8.60 Å². The first-order chi connectivity index (χ1) is 9.82. The second-order valence-electron chi connectivity index (χ2n) is 7.16. The van der Waals surface area contributed by atoms with Gasteiger partial charge in [0.2, 0.25) is 0 Å². The van der Waals surface area contributed by atoms with Crippen LogP contribution in [-0.4, -0.2) is 16.0 Å². The summed E-state index contributed by atoms with van der Waals surface area (Å²) in [6.07, 6.45) is 3.13. The van der Waals surface area contributed by atoms with E-state index >= 15 is 0 Å². The van der Waals surface area contributed by atoms with E-state index in [4.69, 9.17) is 5.73 Å². The fraction of sp³-hybridized carbons (Fsp3) is 0.647. The molecule has 1 fully saturated rings. The Morgan fingerprint density at radius 1 is 1.24 bits per heavy atom. The van der Waals surface area contributed by atoms with Crippen LogP contribution in [0.3, 0.4) is 0 Å². The lowest BCUT2D eigenvalue weighted by atomic mass is 9.69. The van der Waals surface area contributed by atoms with Crippen LogP contribution in [0.1, 0.15) is 40.0 Å². The molecule has 4 atom stereocenters.